The molecule has 0 aliphatic carbocycles. The third-order valence-corrected chi connectivity index (χ3v) is 4.42. The van der Waals surface area contributed by atoms with Gasteiger partial charge in [-0.3, -0.25) is 9.69 Å². The van der Waals surface area contributed by atoms with Crippen LogP contribution < -0.4 is 4.74 Å². The van der Waals surface area contributed by atoms with Gasteiger partial charge < -0.3 is 9.64 Å². The zero-order chi connectivity index (χ0) is 14.7. The van der Waals surface area contributed by atoms with E-state index in [9.17, 15) is 4.79 Å². The van der Waals surface area contributed by atoms with Crippen LogP contribution in [0.2, 0.25) is 0 Å². The monoisotopic (exact) mass is 340 g/mol. The highest BCUT2D eigenvalue weighted by atomic mass is 79.9. The zero-order valence-electron chi connectivity index (χ0n) is 12.2. The van der Waals surface area contributed by atoms with Crippen molar-refractivity contribution >= 4 is 21.8 Å². The molecule has 1 aromatic carbocycles. The molecule has 4 nitrogen and oxygen atoms in total. The number of ether oxygens (including phenoxy) is 1. The first-order valence-corrected chi connectivity index (χ1v) is 7.69. The molecule has 110 valence electrons. The molecule has 0 bridgehead atoms. The van der Waals surface area contributed by atoms with Crippen LogP contribution in [0.5, 0.6) is 5.75 Å². The van der Waals surface area contributed by atoms with Crippen LogP contribution >= 0.6 is 15.9 Å². The fraction of sp³-hybridized carbons (Fsp3) is 0.533. The highest BCUT2D eigenvalue weighted by Gasteiger charge is 2.28. The maximum Gasteiger partial charge on any atom is 0.257 e. The van der Waals surface area contributed by atoms with Crippen LogP contribution in [-0.2, 0) is 0 Å². The number of hydrogen-bond acceptors (Lipinski definition) is 3. The number of likely N-dealkylation sites (N-methyl/N-ethyl adjacent to an activating group) is 1. The third-order valence-electron chi connectivity index (χ3n) is 3.93. The molecule has 5 heteroatoms. The molecule has 0 saturated carbocycles. The fourth-order valence-electron chi connectivity index (χ4n) is 2.58. The zero-order valence-corrected chi connectivity index (χ0v) is 13.8. The Kier molecular flexibility index (Phi) is 5.05. The largest absolute Gasteiger partial charge is 0.496 e. The Hall–Kier alpha value is -1.07. The van der Waals surface area contributed by atoms with Gasteiger partial charge in [-0.05, 0) is 31.7 Å². The summed E-state index contributed by atoms with van der Waals surface area (Å²) in [7, 11) is 3.72. The van der Waals surface area contributed by atoms with Gasteiger partial charge in [0, 0.05) is 30.1 Å². The average Bonchev–Trinajstić information content (AvgIpc) is 2.46. The van der Waals surface area contributed by atoms with Gasteiger partial charge in [-0.1, -0.05) is 22.9 Å². The molecule has 1 aliphatic heterocycles. The van der Waals surface area contributed by atoms with Crippen molar-refractivity contribution in [2.45, 2.75) is 19.4 Å². The van der Waals surface area contributed by atoms with Crippen LogP contribution in [0.1, 0.15) is 23.7 Å². The van der Waals surface area contributed by atoms with E-state index >= 15 is 0 Å². The van der Waals surface area contributed by atoms with Gasteiger partial charge in [-0.2, -0.15) is 0 Å². The number of benzene rings is 1. The summed E-state index contributed by atoms with van der Waals surface area (Å²) in [4.78, 5) is 16.9. The number of carbonyl (C=O) groups excluding carboxylic acids is 1. The molecule has 1 aromatic rings. The Morgan fingerprint density at radius 2 is 2.20 bits per heavy atom. The van der Waals surface area contributed by atoms with Crippen LogP contribution in [0, 0.1) is 0 Å². The molecule has 1 aliphatic rings. The topological polar surface area (TPSA) is 32.8 Å². The van der Waals surface area contributed by atoms with Gasteiger partial charge in [0.25, 0.3) is 5.91 Å². The second-order valence-corrected chi connectivity index (χ2v) is 6.05. The molecular weight excluding hydrogens is 320 g/mol. The molecule has 1 fully saturated rings. The van der Waals surface area contributed by atoms with Gasteiger partial charge in [0.05, 0.1) is 12.7 Å². The number of rotatable bonds is 3. The Labute approximate surface area is 128 Å². The van der Waals surface area contributed by atoms with Crippen molar-refractivity contribution in [1.29, 1.82) is 0 Å². The van der Waals surface area contributed by atoms with E-state index in [2.05, 4.69) is 34.8 Å². The minimum Gasteiger partial charge on any atom is -0.496 e. The highest BCUT2D eigenvalue weighted by molar-refractivity contribution is 9.10. The number of hydrogen-bond donors (Lipinski definition) is 0. The summed E-state index contributed by atoms with van der Waals surface area (Å²) in [6.45, 7) is 4.63. The van der Waals surface area contributed by atoms with Crippen LogP contribution in [0.25, 0.3) is 0 Å². The molecule has 20 heavy (non-hydrogen) atoms. The second kappa shape index (κ2) is 6.59. The molecule has 0 spiro atoms. The second-order valence-electron chi connectivity index (χ2n) is 5.14. The summed E-state index contributed by atoms with van der Waals surface area (Å²) in [5.41, 5.74) is 0.634. The average molecular weight is 341 g/mol. The van der Waals surface area contributed by atoms with Crippen molar-refractivity contribution in [3.8, 4) is 5.75 Å². The number of carbonyl (C=O) groups is 1. The van der Waals surface area contributed by atoms with E-state index in [0.717, 1.165) is 30.5 Å². The minimum absolute atomic E-state index is 0.0564. The van der Waals surface area contributed by atoms with Gasteiger partial charge in [-0.25, -0.2) is 0 Å². The quantitative estimate of drug-likeness (QED) is 0.847. The summed E-state index contributed by atoms with van der Waals surface area (Å²) in [5.74, 6) is 0.678. The molecule has 0 aromatic heterocycles. The van der Waals surface area contributed by atoms with Crippen LogP contribution in [0.15, 0.2) is 22.7 Å². The molecule has 1 unspecified atom stereocenters. The normalized spacial score (nSPS) is 20.0. The molecule has 1 saturated heterocycles. The molecule has 0 radical (unpaired) electrons. The van der Waals surface area contributed by atoms with Crippen molar-refractivity contribution in [3.63, 3.8) is 0 Å². The van der Waals surface area contributed by atoms with E-state index in [-0.39, 0.29) is 5.91 Å². The highest BCUT2D eigenvalue weighted by Crippen LogP contribution is 2.25. The van der Waals surface area contributed by atoms with Crippen molar-refractivity contribution in [3.05, 3.63) is 28.2 Å². The Balaban J connectivity index is 2.19. The standard InChI is InChI=1S/C15H21BrN2O2/c1-4-12-10-18(8-7-17(12)2)15(19)13-6-5-11(16)9-14(13)20-3/h5-6,9,12H,4,7-8,10H2,1-3H3. The third kappa shape index (κ3) is 3.15. The maximum atomic E-state index is 12.7. The molecule has 1 amide bonds. The lowest BCUT2D eigenvalue weighted by atomic mass is 10.1. The molecule has 1 heterocycles. The van der Waals surface area contributed by atoms with Crippen LogP contribution in [-0.4, -0.2) is 55.5 Å². The van der Waals surface area contributed by atoms with E-state index in [1.165, 1.54) is 0 Å². The first-order valence-electron chi connectivity index (χ1n) is 6.89. The summed E-state index contributed by atoms with van der Waals surface area (Å²) in [6, 6.07) is 5.97. The number of methoxy groups -OCH3 is 1. The van der Waals surface area contributed by atoms with Crippen LogP contribution in [0.3, 0.4) is 0 Å². The van der Waals surface area contributed by atoms with Crippen LogP contribution in [0.4, 0.5) is 0 Å². The number of amides is 1. The van der Waals surface area contributed by atoms with E-state index < -0.39 is 0 Å². The van der Waals surface area contributed by atoms with E-state index in [1.807, 2.05) is 23.1 Å². The van der Waals surface area contributed by atoms with E-state index in [1.54, 1.807) is 7.11 Å². The lowest BCUT2D eigenvalue weighted by molar-refractivity contribution is 0.0539. The smallest absolute Gasteiger partial charge is 0.257 e. The Morgan fingerprint density at radius 3 is 2.85 bits per heavy atom. The number of piperazine rings is 1. The SMILES string of the molecule is CCC1CN(C(=O)c2ccc(Br)cc2OC)CCN1C. The predicted octanol–water partition coefficient (Wildman–Crippen LogP) is 2.62. The first kappa shape index (κ1) is 15.3. The van der Waals surface area contributed by atoms with Gasteiger partial charge in [0.2, 0.25) is 0 Å². The predicted molar refractivity (Wildman–Crippen MR) is 83.3 cm³/mol. The number of nitrogens with zero attached hydrogens (tertiary/aromatic N) is 2. The summed E-state index contributed by atoms with van der Waals surface area (Å²) >= 11 is 3.40. The number of halogens is 1. The first-order chi connectivity index (χ1) is 9.56. The van der Waals surface area contributed by atoms with Gasteiger partial charge in [0.15, 0.2) is 0 Å². The summed E-state index contributed by atoms with van der Waals surface area (Å²) in [5, 5.41) is 0. The Bertz CT molecular complexity index is 493. The minimum atomic E-state index is 0.0564. The van der Waals surface area contributed by atoms with E-state index in [4.69, 9.17) is 4.74 Å². The van der Waals surface area contributed by atoms with Gasteiger partial charge in [0.1, 0.15) is 5.75 Å². The van der Waals surface area contributed by atoms with Crippen molar-refractivity contribution in [2.24, 2.45) is 0 Å². The fourth-order valence-corrected chi connectivity index (χ4v) is 2.92. The van der Waals surface area contributed by atoms with Crippen molar-refractivity contribution in [2.75, 3.05) is 33.8 Å². The molecule has 1 atom stereocenters. The maximum absolute atomic E-state index is 12.7. The van der Waals surface area contributed by atoms with Gasteiger partial charge >= 0.3 is 0 Å². The van der Waals surface area contributed by atoms with Crippen molar-refractivity contribution in [1.82, 2.24) is 9.80 Å². The lowest BCUT2D eigenvalue weighted by Gasteiger charge is -2.39. The lowest BCUT2D eigenvalue weighted by Crippen LogP contribution is -2.53. The summed E-state index contributed by atoms with van der Waals surface area (Å²) < 4.78 is 6.24. The molecular formula is C15H21BrN2O2. The molecule has 2 rings (SSSR count). The van der Waals surface area contributed by atoms with Crippen molar-refractivity contribution < 1.29 is 9.53 Å². The van der Waals surface area contributed by atoms with Gasteiger partial charge in [-0.15, -0.1) is 0 Å². The Morgan fingerprint density at radius 1 is 1.45 bits per heavy atom. The summed E-state index contributed by atoms with van der Waals surface area (Å²) in [6.07, 6.45) is 1.05. The van der Waals surface area contributed by atoms with E-state index in [0.29, 0.717) is 17.4 Å². The molecule has 0 N–H and O–H groups in total.